The van der Waals surface area contributed by atoms with Crippen LogP contribution in [-0.4, -0.2) is 37.1 Å². The number of rotatable bonds is 2. The lowest BCUT2D eigenvalue weighted by Crippen LogP contribution is -2.56. The largest absolute Gasteiger partial charge is 0.367 e. The van der Waals surface area contributed by atoms with E-state index in [2.05, 4.69) is 29.8 Å². The third kappa shape index (κ3) is 2.60. The van der Waals surface area contributed by atoms with Crippen LogP contribution in [0.4, 0.5) is 5.69 Å². The van der Waals surface area contributed by atoms with Crippen LogP contribution in [-0.2, 0) is 0 Å². The molecule has 1 saturated heterocycles. The molecule has 2 rings (SSSR count). The van der Waals surface area contributed by atoms with Gasteiger partial charge in [0.25, 0.3) is 0 Å². The van der Waals surface area contributed by atoms with Crippen molar-refractivity contribution in [2.45, 2.75) is 25.4 Å². The Morgan fingerprint density at radius 3 is 2.78 bits per heavy atom. The smallest absolute Gasteiger partial charge is 0.0639 e. The Hall–Kier alpha value is -1.24. The lowest BCUT2D eigenvalue weighted by atomic mass is 10.0. The number of anilines is 1. The second kappa shape index (κ2) is 5.60. The maximum Gasteiger partial charge on any atom is 0.0639 e. The predicted molar refractivity (Wildman–Crippen MR) is 74.9 cm³/mol. The van der Waals surface area contributed by atoms with E-state index in [9.17, 15) is 0 Å². The van der Waals surface area contributed by atoms with Crippen molar-refractivity contribution in [2.75, 3.05) is 25.0 Å². The van der Waals surface area contributed by atoms with Gasteiger partial charge in [0.05, 0.1) is 23.2 Å². The van der Waals surface area contributed by atoms with Crippen LogP contribution in [0.15, 0.2) is 24.3 Å². The summed E-state index contributed by atoms with van der Waals surface area (Å²) in [6.45, 7) is 3.99. The van der Waals surface area contributed by atoms with Gasteiger partial charge in [-0.15, -0.1) is 0 Å². The quantitative estimate of drug-likeness (QED) is 0.822. The molecular weight excluding hydrogens is 246 g/mol. The second-order valence-electron chi connectivity index (χ2n) is 4.89. The molecule has 1 aromatic rings. The number of nitrogens with zero attached hydrogens (tertiary/aromatic N) is 3. The summed E-state index contributed by atoms with van der Waals surface area (Å²) in [7, 11) is 2.09. The van der Waals surface area contributed by atoms with Crippen molar-refractivity contribution >= 4 is 17.3 Å². The number of hydrogen-bond acceptors (Lipinski definition) is 3. The van der Waals surface area contributed by atoms with E-state index in [0.29, 0.717) is 12.5 Å². The first-order chi connectivity index (χ1) is 8.63. The van der Waals surface area contributed by atoms with Gasteiger partial charge in [-0.05, 0) is 26.1 Å². The normalized spacial score (nSPS) is 24.9. The standard InChI is InChI=1S/C14H18ClN3/c1-11-9-18(10-12(7-8-16)17(11)2)14-6-4-3-5-13(14)15/h3-6,11-12H,7,9-10H2,1-2H3. The highest BCUT2D eigenvalue weighted by atomic mass is 35.5. The fourth-order valence-corrected chi connectivity index (χ4v) is 2.74. The summed E-state index contributed by atoms with van der Waals surface area (Å²) in [5.41, 5.74) is 1.07. The van der Waals surface area contributed by atoms with Crippen molar-refractivity contribution in [3.63, 3.8) is 0 Å². The molecule has 0 bridgehead atoms. The molecular formula is C14H18ClN3. The van der Waals surface area contributed by atoms with E-state index in [1.54, 1.807) is 0 Å². The van der Waals surface area contributed by atoms with Gasteiger partial charge in [0.15, 0.2) is 0 Å². The maximum atomic E-state index is 8.91. The van der Waals surface area contributed by atoms with Crippen molar-refractivity contribution in [1.82, 2.24) is 4.90 Å². The van der Waals surface area contributed by atoms with Crippen LogP contribution < -0.4 is 4.90 Å². The summed E-state index contributed by atoms with van der Waals surface area (Å²) in [5, 5.41) is 9.70. The Labute approximate surface area is 114 Å². The fourth-order valence-electron chi connectivity index (χ4n) is 2.48. The highest BCUT2D eigenvalue weighted by Gasteiger charge is 2.29. The van der Waals surface area contributed by atoms with Gasteiger partial charge >= 0.3 is 0 Å². The molecule has 0 aliphatic carbocycles. The van der Waals surface area contributed by atoms with Gasteiger partial charge in [-0.2, -0.15) is 5.26 Å². The Balaban J connectivity index is 2.20. The van der Waals surface area contributed by atoms with Crippen molar-refractivity contribution in [3.8, 4) is 6.07 Å². The lowest BCUT2D eigenvalue weighted by molar-refractivity contribution is 0.160. The van der Waals surface area contributed by atoms with Crippen molar-refractivity contribution in [1.29, 1.82) is 5.26 Å². The van der Waals surface area contributed by atoms with Crippen molar-refractivity contribution < 1.29 is 0 Å². The van der Waals surface area contributed by atoms with Gasteiger partial charge < -0.3 is 4.90 Å². The third-order valence-electron chi connectivity index (χ3n) is 3.71. The summed E-state index contributed by atoms with van der Waals surface area (Å²) in [5.74, 6) is 0. The van der Waals surface area contributed by atoms with Gasteiger partial charge in [0.2, 0.25) is 0 Å². The molecule has 0 spiro atoms. The first kappa shape index (κ1) is 13.2. The Morgan fingerprint density at radius 1 is 1.39 bits per heavy atom. The average molecular weight is 264 g/mol. The number of likely N-dealkylation sites (N-methyl/N-ethyl adjacent to an activating group) is 1. The third-order valence-corrected chi connectivity index (χ3v) is 4.03. The van der Waals surface area contributed by atoms with E-state index in [-0.39, 0.29) is 6.04 Å². The number of nitriles is 1. The van der Waals surface area contributed by atoms with Crippen molar-refractivity contribution in [3.05, 3.63) is 29.3 Å². The highest BCUT2D eigenvalue weighted by Crippen LogP contribution is 2.28. The summed E-state index contributed by atoms with van der Waals surface area (Å²) >= 11 is 6.25. The maximum absolute atomic E-state index is 8.91. The molecule has 0 saturated carbocycles. The van der Waals surface area contributed by atoms with E-state index in [0.717, 1.165) is 23.8 Å². The summed E-state index contributed by atoms with van der Waals surface area (Å²) in [6.07, 6.45) is 0.557. The van der Waals surface area contributed by atoms with Crippen LogP contribution >= 0.6 is 11.6 Å². The second-order valence-corrected chi connectivity index (χ2v) is 5.29. The summed E-state index contributed by atoms with van der Waals surface area (Å²) < 4.78 is 0. The van der Waals surface area contributed by atoms with Crippen LogP contribution in [0.2, 0.25) is 5.02 Å². The number of hydrogen-bond donors (Lipinski definition) is 0. The van der Waals surface area contributed by atoms with E-state index < -0.39 is 0 Å². The lowest BCUT2D eigenvalue weighted by Gasteiger charge is -2.44. The molecule has 96 valence electrons. The van der Waals surface area contributed by atoms with Crippen LogP contribution in [0, 0.1) is 11.3 Å². The SMILES string of the molecule is CC1CN(c2ccccc2Cl)CC(CC#N)N1C. The molecule has 2 unspecified atom stereocenters. The molecule has 1 aromatic carbocycles. The molecule has 2 atom stereocenters. The van der Waals surface area contributed by atoms with Crippen LogP contribution in [0.25, 0.3) is 0 Å². The molecule has 3 nitrogen and oxygen atoms in total. The van der Waals surface area contributed by atoms with E-state index in [1.165, 1.54) is 0 Å². The molecule has 0 amide bonds. The molecule has 1 aliphatic heterocycles. The van der Waals surface area contributed by atoms with E-state index in [4.69, 9.17) is 16.9 Å². The van der Waals surface area contributed by atoms with Gasteiger partial charge in [-0.25, -0.2) is 0 Å². The average Bonchev–Trinajstić information content (AvgIpc) is 2.35. The number of halogens is 1. The number of piperazine rings is 1. The molecule has 1 fully saturated rings. The zero-order valence-corrected chi connectivity index (χ0v) is 11.6. The van der Waals surface area contributed by atoms with Crippen LogP contribution in [0.5, 0.6) is 0 Å². The zero-order valence-electron chi connectivity index (χ0n) is 10.8. The molecule has 0 N–H and O–H groups in total. The molecule has 1 aliphatic rings. The molecule has 0 radical (unpaired) electrons. The summed E-state index contributed by atoms with van der Waals surface area (Å²) in [4.78, 5) is 4.57. The molecule has 1 heterocycles. The van der Waals surface area contributed by atoms with Crippen LogP contribution in [0.3, 0.4) is 0 Å². The minimum Gasteiger partial charge on any atom is -0.367 e. The fraction of sp³-hybridized carbons (Fsp3) is 0.500. The number of benzene rings is 1. The molecule has 4 heteroatoms. The molecule has 0 aromatic heterocycles. The van der Waals surface area contributed by atoms with E-state index >= 15 is 0 Å². The highest BCUT2D eigenvalue weighted by molar-refractivity contribution is 6.33. The molecule has 18 heavy (non-hydrogen) atoms. The number of para-hydroxylation sites is 1. The predicted octanol–water partition coefficient (Wildman–Crippen LogP) is 2.76. The minimum absolute atomic E-state index is 0.273. The first-order valence-electron chi connectivity index (χ1n) is 6.22. The minimum atomic E-state index is 0.273. The van der Waals surface area contributed by atoms with Gasteiger partial charge in [0.1, 0.15) is 0 Å². The Kier molecular flexibility index (Phi) is 4.11. The van der Waals surface area contributed by atoms with E-state index in [1.807, 2.05) is 24.3 Å². The van der Waals surface area contributed by atoms with Gasteiger partial charge in [-0.1, -0.05) is 23.7 Å². The zero-order chi connectivity index (χ0) is 13.1. The topological polar surface area (TPSA) is 30.3 Å². The Bertz CT molecular complexity index is 455. The monoisotopic (exact) mass is 263 g/mol. The van der Waals surface area contributed by atoms with Gasteiger partial charge in [-0.3, -0.25) is 4.90 Å². The van der Waals surface area contributed by atoms with Crippen molar-refractivity contribution in [2.24, 2.45) is 0 Å². The van der Waals surface area contributed by atoms with Gasteiger partial charge in [0, 0.05) is 25.2 Å². The van der Waals surface area contributed by atoms with Crippen LogP contribution in [0.1, 0.15) is 13.3 Å². The summed E-state index contributed by atoms with van der Waals surface area (Å²) in [6, 6.07) is 10.9. The Morgan fingerprint density at radius 2 is 2.11 bits per heavy atom. The first-order valence-corrected chi connectivity index (χ1v) is 6.59.